The highest BCUT2D eigenvalue weighted by Crippen LogP contribution is 2.31. The number of carbonyl (C=O) groups is 1. The molecule has 0 radical (unpaired) electrons. The van der Waals surface area contributed by atoms with Crippen LogP contribution in [0.5, 0.6) is 0 Å². The van der Waals surface area contributed by atoms with Crippen molar-refractivity contribution in [1.29, 1.82) is 0 Å². The highest BCUT2D eigenvalue weighted by atomic mass is 32.1. The number of aryl methyl sites for hydroxylation is 1. The zero-order chi connectivity index (χ0) is 12.3. The van der Waals surface area contributed by atoms with Crippen LogP contribution in [0.25, 0.3) is 0 Å². The van der Waals surface area contributed by atoms with Crippen molar-refractivity contribution in [3.05, 3.63) is 11.1 Å². The lowest BCUT2D eigenvalue weighted by Gasteiger charge is -2.34. The van der Waals surface area contributed by atoms with Gasteiger partial charge in [0, 0.05) is 30.8 Å². The summed E-state index contributed by atoms with van der Waals surface area (Å²) in [6.45, 7) is 3.51. The number of aromatic nitrogens is 1. The summed E-state index contributed by atoms with van der Waals surface area (Å²) >= 11 is 1.47. The van der Waals surface area contributed by atoms with Gasteiger partial charge in [0.25, 0.3) is 0 Å². The van der Waals surface area contributed by atoms with Gasteiger partial charge in [0.05, 0.1) is 5.41 Å². The first-order chi connectivity index (χ1) is 8.16. The van der Waals surface area contributed by atoms with Gasteiger partial charge in [-0.3, -0.25) is 4.79 Å². The molecule has 0 atom stereocenters. The number of anilines is 1. The van der Waals surface area contributed by atoms with Crippen molar-refractivity contribution < 1.29 is 9.53 Å². The van der Waals surface area contributed by atoms with Crippen molar-refractivity contribution in [2.45, 2.75) is 19.8 Å². The third-order valence-electron chi connectivity index (χ3n) is 3.16. The Morgan fingerprint density at radius 3 is 2.88 bits per heavy atom. The molecule has 3 N–H and O–H groups in total. The molecular weight excluding hydrogens is 238 g/mol. The molecule has 1 saturated heterocycles. The van der Waals surface area contributed by atoms with Crippen LogP contribution in [0.1, 0.15) is 17.7 Å². The van der Waals surface area contributed by atoms with E-state index in [-0.39, 0.29) is 5.91 Å². The molecule has 1 aliphatic rings. The molecule has 1 amide bonds. The quantitative estimate of drug-likeness (QED) is 0.849. The molecule has 2 heterocycles. The van der Waals surface area contributed by atoms with Gasteiger partial charge >= 0.3 is 0 Å². The van der Waals surface area contributed by atoms with Crippen molar-refractivity contribution in [3.63, 3.8) is 0 Å². The second-order valence-corrected chi connectivity index (χ2v) is 5.56. The van der Waals surface area contributed by atoms with Crippen LogP contribution in [0.2, 0.25) is 0 Å². The molecule has 1 aromatic rings. The Bertz CT molecular complexity index is 399. The smallest absolute Gasteiger partial charge is 0.233 e. The van der Waals surface area contributed by atoms with E-state index in [0.29, 0.717) is 37.7 Å². The van der Waals surface area contributed by atoms with Crippen LogP contribution in [0.4, 0.5) is 5.13 Å². The molecule has 6 heteroatoms. The van der Waals surface area contributed by atoms with E-state index >= 15 is 0 Å². The van der Waals surface area contributed by atoms with Crippen LogP contribution in [0, 0.1) is 12.3 Å². The molecule has 0 spiro atoms. The third-order valence-corrected chi connectivity index (χ3v) is 3.99. The van der Waals surface area contributed by atoms with Crippen LogP contribution >= 0.6 is 11.3 Å². The largest absolute Gasteiger partial charge is 0.381 e. The van der Waals surface area contributed by atoms with Crippen LogP contribution in [-0.2, 0) is 9.53 Å². The van der Waals surface area contributed by atoms with E-state index in [1.165, 1.54) is 11.3 Å². The van der Waals surface area contributed by atoms with Crippen LogP contribution in [0.3, 0.4) is 0 Å². The van der Waals surface area contributed by atoms with E-state index in [4.69, 9.17) is 10.5 Å². The van der Waals surface area contributed by atoms with Gasteiger partial charge in [-0.15, -0.1) is 11.3 Å². The van der Waals surface area contributed by atoms with Crippen LogP contribution < -0.4 is 11.1 Å². The van der Waals surface area contributed by atoms with Gasteiger partial charge in [-0.1, -0.05) is 0 Å². The summed E-state index contributed by atoms with van der Waals surface area (Å²) in [6.07, 6.45) is 3.11. The first-order valence-corrected chi connectivity index (χ1v) is 6.50. The zero-order valence-corrected chi connectivity index (χ0v) is 10.7. The Morgan fingerprint density at radius 2 is 2.35 bits per heavy atom. The van der Waals surface area contributed by atoms with Crippen molar-refractivity contribution in [3.8, 4) is 0 Å². The lowest BCUT2D eigenvalue weighted by molar-refractivity contribution is -0.130. The standard InChI is InChI=1S/C11H17N3O2S/c1-8-6-13-10(17-8)14-9(15)11(7-12)2-4-16-5-3-11/h6H,2-5,7,12H2,1H3,(H,13,14,15). The molecule has 0 aliphatic carbocycles. The number of hydrogen-bond donors (Lipinski definition) is 2. The normalized spacial score (nSPS) is 18.9. The highest BCUT2D eigenvalue weighted by Gasteiger charge is 2.39. The minimum atomic E-state index is -0.488. The Labute approximate surface area is 104 Å². The topological polar surface area (TPSA) is 77.2 Å². The lowest BCUT2D eigenvalue weighted by Crippen LogP contribution is -2.46. The predicted molar refractivity (Wildman–Crippen MR) is 67.0 cm³/mol. The Morgan fingerprint density at radius 1 is 1.65 bits per heavy atom. The zero-order valence-electron chi connectivity index (χ0n) is 9.86. The fourth-order valence-corrected chi connectivity index (χ4v) is 2.59. The molecule has 1 aliphatic heterocycles. The number of hydrogen-bond acceptors (Lipinski definition) is 5. The maximum atomic E-state index is 12.2. The van der Waals surface area contributed by atoms with Gasteiger partial charge in [0.1, 0.15) is 0 Å². The van der Waals surface area contributed by atoms with Crippen molar-refractivity contribution in [2.24, 2.45) is 11.1 Å². The SMILES string of the molecule is Cc1cnc(NC(=O)C2(CN)CCOCC2)s1. The number of amides is 1. The minimum Gasteiger partial charge on any atom is -0.381 e. The fourth-order valence-electron chi connectivity index (χ4n) is 1.93. The molecule has 94 valence electrons. The summed E-state index contributed by atoms with van der Waals surface area (Å²) in [5.74, 6) is -0.0300. The second kappa shape index (κ2) is 5.12. The first-order valence-electron chi connectivity index (χ1n) is 5.68. The van der Waals surface area contributed by atoms with E-state index in [1.807, 2.05) is 6.92 Å². The average molecular weight is 255 g/mol. The molecule has 0 unspecified atom stereocenters. The van der Waals surface area contributed by atoms with E-state index < -0.39 is 5.41 Å². The lowest BCUT2D eigenvalue weighted by atomic mass is 9.79. The Kier molecular flexibility index (Phi) is 3.76. The van der Waals surface area contributed by atoms with Crippen LogP contribution in [0.15, 0.2) is 6.20 Å². The number of ether oxygens (including phenoxy) is 1. The van der Waals surface area contributed by atoms with E-state index in [2.05, 4.69) is 10.3 Å². The first kappa shape index (κ1) is 12.5. The van der Waals surface area contributed by atoms with Crippen LogP contribution in [-0.4, -0.2) is 30.6 Å². The van der Waals surface area contributed by atoms with Gasteiger partial charge in [0.2, 0.25) is 5.91 Å². The number of rotatable bonds is 3. The van der Waals surface area contributed by atoms with Gasteiger partial charge < -0.3 is 15.8 Å². The number of nitrogens with two attached hydrogens (primary N) is 1. The van der Waals surface area contributed by atoms with E-state index in [0.717, 1.165) is 4.88 Å². The van der Waals surface area contributed by atoms with Gasteiger partial charge in [0.15, 0.2) is 5.13 Å². The summed E-state index contributed by atoms with van der Waals surface area (Å²) in [7, 11) is 0. The molecule has 1 aromatic heterocycles. The van der Waals surface area contributed by atoms with Gasteiger partial charge in [-0.25, -0.2) is 4.98 Å². The molecule has 2 rings (SSSR count). The molecule has 1 fully saturated rings. The summed E-state index contributed by atoms with van der Waals surface area (Å²) in [5.41, 5.74) is 5.28. The maximum absolute atomic E-state index is 12.2. The fraction of sp³-hybridized carbons (Fsp3) is 0.636. The number of nitrogens with zero attached hydrogens (tertiary/aromatic N) is 1. The van der Waals surface area contributed by atoms with Gasteiger partial charge in [-0.2, -0.15) is 0 Å². The molecular formula is C11H17N3O2S. The van der Waals surface area contributed by atoms with Crippen molar-refractivity contribution in [1.82, 2.24) is 4.98 Å². The second-order valence-electron chi connectivity index (χ2n) is 4.33. The molecule has 17 heavy (non-hydrogen) atoms. The van der Waals surface area contributed by atoms with E-state index in [1.54, 1.807) is 6.20 Å². The summed E-state index contributed by atoms with van der Waals surface area (Å²) in [6, 6.07) is 0. The number of carbonyl (C=O) groups excluding carboxylic acids is 1. The molecule has 0 bridgehead atoms. The number of nitrogens with one attached hydrogen (secondary N) is 1. The maximum Gasteiger partial charge on any atom is 0.233 e. The third kappa shape index (κ3) is 2.65. The summed E-state index contributed by atoms with van der Waals surface area (Å²) in [4.78, 5) is 17.5. The summed E-state index contributed by atoms with van der Waals surface area (Å²) < 4.78 is 5.28. The molecule has 0 saturated carbocycles. The van der Waals surface area contributed by atoms with Crippen molar-refractivity contribution >= 4 is 22.4 Å². The predicted octanol–water partition coefficient (Wildman–Crippen LogP) is 1.15. The molecule has 0 aromatic carbocycles. The van der Waals surface area contributed by atoms with Crippen molar-refractivity contribution in [2.75, 3.05) is 25.1 Å². The molecule has 5 nitrogen and oxygen atoms in total. The van der Waals surface area contributed by atoms with E-state index in [9.17, 15) is 4.79 Å². The van der Waals surface area contributed by atoms with Gasteiger partial charge in [-0.05, 0) is 19.8 Å². The average Bonchev–Trinajstić information content (AvgIpc) is 2.75. The Hall–Kier alpha value is -0.980. The summed E-state index contributed by atoms with van der Waals surface area (Å²) in [5, 5.41) is 3.50. The Balaban J connectivity index is 2.07. The minimum absolute atomic E-state index is 0.0300. The highest BCUT2D eigenvalue weighted by molar-refractivity contribution is 7.15. The number of thiazole rings is 1. The monoisotopic (exact) mass is 255 g/mol.